The number of aromatic amines is 1. The number of carbonyl (C=O) groups is 1. The van der Waals surface area contributed by atoms with E-state index in [4.69, 9.17) is 18.9 Å². The number of aromatic nitrogens is 2. The van der Waals surface area contributed by atoms with Crippen molar-refractivity contribution in [2.24, 2.45) is 0 Å². The van der Waals surface area contributed by atoms with E-state index in [0.29, 0.717) is 49.2 Å². The number of carbonyl (C=O) groups excluding carboxylic acids is 1. The lowest BCUT2D eigenvalue weighted by Gasteiger charge is -2.37. The summed E-state index contributed by atoms with van der Waals surface area (Å²) in [7, 11) is 3.17. The predicted octanol–water partition coefficient (Wildman–Crippen LogP) is 4.99. The van der Waals surface area contributed by atoms with Gasteiger partial charge in [-0.15, -0.1) is 0 Å². The van der Waals surface area contributed by atoms with Crippen molar-refractivity contribution in [3.05, 3.63) is 128 Å². The van der Waals surface area contributed by atoms with Crippen LogP contribution in [0.4, 0.5) is 13.2 Å². The topological polar surface area (TPSA) is 141 Å². The van der Waals surface area contributed by atoms with E-state index in [1.165, 1.54) is 10.8 Å². The molecule has 0 radical (unpaired) electrons. The Morgan fingerprint density at radius 2 is 1.46 bits per heavy atom. The van der Waals surface area contributed by atoms with Crippen LogP contribution in [0.25, 0.3) is 0 Å². The van der Waals surface area contributed by atoms with Crippen LogP contribution >= 0.6 is 0 Å². The molecular weight excluding hydrogens is 683 g/mol. The average Bonchev–Trinajstić information content (AvgIpc) is 3.52. The van der Waals surface area contributed by atoms with Crippen LogP contribution in [-0.2, 0) is 26.3 Å². The highest BCUT2D eigenvalue weighted by molar-refractivity contribution is 5.81. The highest BCUT2D eigenvalue weighted by Gasteiger charge is 2.42. The number of nitrogens with zero attached hydrogens (tertiary/aromatic N) is 1. The number of nitrogens with one attached hydrogen (secondary N) is 2. The fourth-order valence-corrected chi connectivity index (χ4v) is 6.33. The first kappa shape index (κ1) is 38.3. The van der Waals surface area contributed by atoms with E-state index in [1.54, 1.807) is 14.2 Å². The molecule has 0 spiro atoms. The summed E-state index contributed by atoms with van der Waals surface area (Å²) in [5, 5.41) is 13.0. The smallest absolute Gasteiger partial charge is 0.471 e. The highest BCUT2D eigenvalue weighted by Crippen LogP contribution is 2.42. The van der Waals surface area contributed by atoms with E-state index >= 15 is 0 Å². The minimum absolute atomic E-state index is 0.0620. The van der Waals surface area contributed by atoms with Gasteiger partial charge in [-0.1, -0.05) is 67.4 Å². The van der Waals surface area contributed by atoms with Gasteiger partial charge in [0.15, 0.2) is 0 Å². The third-order valence-corrected chi connectivity index (χ3v) is 9.11. The third kappa shape index (κ3) is 8.92. The van der Waals surface area contributed by atoms with Crippen molar-refractivity contribution in [1.29, 1.82) is 0 Å². The molecule has 0 unspecified atom stereocenters. The number of unbranched alkanes of at least 4 members (excludes halogenated alkanes) is 3. The molecule has 14 heteroatoms. The molecule has 0 aliphatic carbocycles. The first-order valence-electron chi connectivity index (χ1n) is 17.0. The van der Waals surface area contributed by atoms with E-state index in [0.717, 1.165) is 16.7 Å². The van der Waals surface area contributed by atoms with Crippen LogP contribution in [0.2, 0.25) is 0 Å². The average molecular weight is 726 g/mol. The molecule has 0 bridgehead atoms. The number of ether oxygens (including phenoxy) is 4. The summed E-state index contributed by atoms with van der Waals surface area (Å²) in [6.07, 6.45) is -3.88. The quantitative estimate of drug-likeness (QED) is 0.108. The molecule has 3 N–H and O–H groups in total. The Bertz CT molecular complexity index is 1830. The molecule has 1 aromatic heterocycles. The largest absolute Gasteiger partial charge is 0.497 e. The second kappa shape index (κ2) is 17.1. The number of halogens is 3. The number of amides is 1. The van der Waals surface area contributed by atoms with Crippen LogP contribution in [-0.4, -0.2) is 66.3 Å². The van der Waals surface area contributed by atoms with Crippen molar-refractivity contribution in [3.63, 3.8) is 0 Å². The maximum Gasteiger partial charge on any atom is 0.471 e. The molecule has 2 heterocycles. The summed E-state index contributed by atoms with van der Waals surface area (Å²) >= 11 is 0. The Labute approximate surface area is 298 Å². The SMILES string of the molecule is COc1ccc(C(OC[C@H]2O[C@@H](n3cc(CCCCCCNC(=O)C(F)(F)F)c(=O)[nH]c3=O)C[C@@H]2O)(c2ccccc2)c2ccc(OC)cc2)cc1. The molecule has 4 aromatic rings. The number of methoxy groups -OCH3 is 2. The minimum atomic E-state index is -4.92. The maximum atomic E-state index is 12.9. The summed E-state index contributed by atoms with van der Waals surface area (Å²) < 4.78 is 62.2. The lowest BCUT2D eigenvalue weighted by molar-refractivity contribution is -0.173. The zero-order valence-electron chi connectivity index (χ0n) is 28.9. The first-order chi connectivity index (χ1) is 25.0. The molecule has 1 saturated heterocycles. The van der Waals surface area contributed by atoms with Gasteiger partial charge in [-0.25, -0.2) is 4.79 Å². The third-order valence-electron chi connectivity index (χ3n) is 9.11. The van der Waals surface area contributed by atoms with Gasteiger partial charge in [0, 0.05) is 24.7 Å². The Morgan fingerprint density at radius 3 is 2.04 bits per heavy atom. The number of alkyl halides is 3. The Morgan fingerprint density at radius 1 is 0.885 bits per heavy atom. The number of rotatable bonds is 16. The van der Waals surface area contributed by atoms with Crippen molar-refractivity contribution in [2.75, 3.05) is 27.4 Å². The number of H-pyrrole nitrogens is 1. The zero-order valence-corrected chi connectivity index (χ0v) is 28.9. The fourth-order valence-electron chi connectivity index (χ4n) is 6.33. The van der Waals surface area contributed by atoms with Crippen LogP contribution in [0.5, 0.6) is 11.5 Å². The van der Waals surface area contributed by atoms with Gasteiger partial charge in [-0.05, 0) is 60.2 Å². The van der Waals surface area contributed by atoms with Crippen molar-refractivity contribution in [1.82, 2.24) is 14.9 Å². The molecular formula is C38H42F3N3O8. The van der Waals surface area contributed by atoms with E-state index in [9.17, 15) is 32.7 Å². The van der Waals surface area contributed by atoms with Gasteiger partial charge >= 0.3 is 17.8 Å². The lowest BCUT2D eigenvalue weighted by atomic mass is 9.80. The van der Waals surface area contributed by atoms with Crippen LogP contribution in [0.1, 0.15) is 60.6 Å². The second-order valence-electron chi connectivity index (χ2n) is 12.5. The highest BCUT2D eigenvalue weighted by atomic mass is 19.4. The molecule has 52 heavy (non-hydrogen) atoms. The first-order valence-corrected chi connectivity index (χ1v) is 17.0. The standard InChI is InChI=1S/C38H42F3N3O8/c1-49-29-17-13-27(14-18-29)37(26-11-7-5-8-12-26,28-15-19-30(50-2)20-16-28)51-24-32-31(45)22-33(52-32)44-23-25(34(46)43-36(44)48)10-6-3-4-9-21-42-35(47)38(39,40)41/h5,7-8,11-20,23,31-33,45H,3-4,6,9-10,21-22,24H2,1-2H3,(H,42,47)(H,43,46,48)/t31-,32+,33+/m0/s1. The van der Waals surface area contributed by atoms with Crippen molar-refractivity contribution in [2.45, 2.75) is 68.7 Å². The van der Waals surface area contributed by atoms with Gasteiger partial charge in [-0.2, -0.15) is 13.2 Å². The van der Waals surface area contributed by atoms with E-state index in [2.05, 4.69) is 4.98 Å². The number of aliphatic hydroxyl groups excluding tert-OH is 1. The van der Waals surface area contributed by atoms with Gasteiger partial charge in [0.05, 0.1) is 26.9 Å². The summed E-state index contributed by atoms with van der Waals surface area (Å²) in [6, 6.07) is 24.7. The Hall–Kier alpha value is -4.92. The van der Waals surface area contributed by atoms with Crippen molar-refractivity contribution < 1.29 is 42.0 Å². The molecule has 3 aromatic carbocycles. The summed E-state index contributed by atoms with van der Waals surface area (Å²) in [6.45, 7) is -0.179. The Kier molecular flexibility index (Phi) is 12.6. The molecule has 0 saturated carbocycles. The van der Waals surface area contributed by atoms with Gasteiger partial charge in [0.25, 0.3) is 5.56 Å². The van der Waals surface area contributed by atoms with Crippen LogP contribution in [0, 0.1) is 0 Å². The molecule has 1 aliphatic heterocycles. The Balaban J connectivity index is 1.31. The summed E-state index contributed by atoms with van der Waals surface area (Å²) in [5.74, 6) is -0.642. The van der Waals surface area contributed by atoms with Crippen molar-refractivity contribution in [3.8, 4) is 11.5 Å². The maximum absolute atomic E-state index is 12.9. The van der Waals surface area contributed by atoms with Gasteiger partial charge < -0.3 is 29.4 Å². The molecule has 3 atom stereocenters. The molecule has 1 fully saturated rings. The fraction of sp³-hybridized carbons (Fsp3) is 0.395. The number of hydrogen-bond acceptors (Lipinski definition) is 8. The number of benzene rings is 3. The lowest BCUT2D eigenvalue weighted by Crippen LogP contribution is -2.38. The normalized spacial score (nSPS) is 17.5. The molecule has 278 valence electrons. The minimum Gasteiger partial charge on any atom is -0.497 e. The van der Waals surface area contributed by atoms with Crippen molar-refractivity contribution >= 4 is 5.91 Å². The summed E-state index contributed by atoms with van der Waals surface area (Å²) in [4.78, 5) is 38.8. The van der Waals surface area contributed by atoms with Gasteiger partial charge in [0.2, 0.25) is 0 Å². The van der Waals surface area contributed by atoms with E-state index in [1.807, 2.05) is 84.2 Å². The van der Waals surface area contributed by atoms with Crippen LogP contribution in [0.3, 0.4) is 0 Å². The van der Waals surface area contributed by atoms with Gasteiger partial charge in [-0.3, -0.25) is 19.1 Å². The number of hydrogen-bond donors (Lipinski definition) is 3. The molecule has 5 rings (SSSR count). The predicted molar refractivity (Wildman–Crippen MR) is 185 cm³/mol. The second-order valence-corrected chi connectivity index (χ2v) is 12.5. The summed E-state index contributed by atoms with van der Waals surface area (Å²) in [5.41, 5.74) is 0.327. The molecule has 1 amide bonds. The zero-order chi connectivity index (χ0) is 37.3. The van der Waals surface area contributed by atoms with E-state index in [-0.39, 0.29) is 19.6 Å². The monoisotopic (exact) mass is 725 g/mol. The molecule has 1 aliphatic rings. The van der Waals surface area contributed by atoms with E-state index < -0.39 is 47.4 Å². The van der Waals surface area contributed by atoms with Crippen LogP contribution in [0.15, 0.2) is 94.6 Å². The van der Waals surface area contributed by atoms with Crippen LogP contribution < -0.4 is 26.0 Å². The number of aliphatic hydroxyl groups is 1. The number of aryl methyl sites for hydroxylation is 1. The van der Waals surface area contributed by atoms with Gasteiger partial charge in [0.1, 0.15) is 29.4 Å². The molecule has 11 nitrogen and oxygen atoms in total.